The van der Waals surface area contributed by atoms with Crippen molar-refractivity contribution in [2.75, 3.05) is 7.11 Å². The topological polar surface area (TPSA) is 96.0 Å². The minimum atomic E-state index is -0.454. The molecule has 9 heteroatoms. The van der Waals surface area contributed by atoms with Gasteiger partial charge >= 0.3 is 0 Å². The third kappa shape index (κ3) is 3.81. The molecule has 0 unspecified atom stereocenters. The summed E-state index contributed by atoms with van der Waals surface area (Å²) < 4.78 is 12.5. The fourth-order valence-electron chi connectivity index (χ4n) is 2.87. The van der Waals surface area contributed by atoms with Crippen LogP contribution in [0.3, 0.4) is 0 Å². The number of methoxy groups -OCH3 is 1. The molecule has 4 rings (SSSR count). The fraction of sp³-hybridized carbons (Fsp3) is 0.100. The lowest BCUT2D eigenvalue weighted by molar-refractivity contribution is -0.384. The van der Waals surface area contributed by atoms with Crippen LogP contribution < -0.4 is 15.0 Å². The summed E-state index contributed by atoms with van der Waals surface area (Å²) in [6, 6.07) is 12.9. The number of fused-ring (bicyclic) bond motifs is 1. The van der Waals surface area contributed by atoms with Gasteiger partial charge in [-0.15, -0.1) is 11.3 Å². The highest BCUT2D eigenvalue weighted by atomic mass is 32.1. The van der Waals surface area contributed by atoms with Crippen molar-refractivity contribution in [2.45, 2.75) is 6.61 Å². The van der Waals surface area contributed by atoms with E-state index in [2.05, 4.69) is 4.98 Å². The quantitative estimate of drug-likeness (QED) is 0.354. The molecule has 4 aromatic rings. The maximum Gasteiger partial charge on any atom is 0.270 e. The summed E-state index contributed by atoms with van der Waals surface area (Å²) in [5.74, 6) is 1.13. The van der Waals surface area contributed by atoms with Gasteiger partial charge in [0.25, 0.3) is 11.2 Å². The number of hydrogen-bond donors (Lipinski definition) is 0. The first-order chi connectivity index (χ1) is 14.0. The van der Waals surface area contributed by atoms with Crippen molar-refractivity contribution in [3.05, 3.63) is 86.3 Å². The largest absolute Gasteiger partial charge is 0.497 e. The van der Waals surface area contributed by atoms with Crippen LogP contribution in [0.25, 0.3) is 16.1 Å². The van der Waals surface area contributed by atoms with E-state index in [1.54, 1.807) is 49.0 Å². The second-order valence-corrected chi connectivity index (χ2v) is 6.97. The smallest absolute Gasteiger partial charge is 0.270 e. The van der Waals surface area contributed by atoms with Crippen LogP contribution in [0.2, 0.25) is 0 Å². The predicted octanol–water partition coefficient (Wildman–Crippen LogP) is 3.92. The van der Waals surface area contributed by atoms with Gasteiger partial charge in [-0.2, -0.15) is 0 Å². The summed E-state index contributed by atoms with van der Waals surface area (Å²) in [6.07, 6.45) is 1.66. The van der Waals surface area contributed by atoms with Gasteiger partial charge < -0.3 is 9.47 Å². The zero-order chi connectivity index (χ0) is 20.4. The van der Waals surface area contributed by atoms with E-state index in [-0.39, 0.29) is 17.9 Å². The van der Waals surface area contributed by atoms with Crippen LogP contribution in [0, 0.1) is 10.1 Å². The van der Waals surface area contributed by atoms with E-state index in [1.165, 1.54) is 33.9 Å². The lowest BCUT2D eigenvalue weighted by Gasteiger charge is -2.12. The Balaban J connectivity index is 1.68. The average Bonchev–Trinajstić information content (AvgIpc) is 3.21. The number of ether oxygens (including phenoxy) is 2. The second-order valence-electron chi connectivity index (χ2n) is 6.10. The van der Waals surface area contributed by atoms with Gasteiger partial charge in [-0.25, -0.2) is 4.98 Å². The van der Waals surface area contributed by atoms with E-state index < -0.39 is 4.92 Å². The molecule has 0 aliphatic rings. The Bertz CT molecular complexity index is 1250. The number of thiazole rings is 1. The van der Waals surface area contributed by atoms with E-state index in [4.69, 9.17) is 9.47 Å². The summed E-state index contributed by atoms with van der Waals surface area (Å²) in [5.41, 5.74) is 1.56. The van der Waals surface area contributed by atoms with Crippen molar-refractivity contribution in [1.82, 2.24) is 9.38 Å². The zero-order valence-electron chi connectivity index (χ0n) is 15.3. The molecule has 146 valence electrons. The van der Waals surface area contributed by atoms with E-state index in [1.807, 2.05) is 0 Å². The molecular weight excluding hydrogens is 394 g/mol. The van der Waals surface area contributed by atoms with Crippen molar-refractivity contribution in [1.29, 1.82) is 0 Å². The minimum Gasteiger partial charge on any atom is -0.497 e. The van der Waals surface area contributed by atoms with E-state index in [0.717, 1.165) is 5.56 Å². The highest BCUT2D eigenvalue weighted by molar-refractivity contribution is 7.15. The molecule has 2 aromatic carbocycles. The third-order valence-corrected chi connectivity index (χ3v) is 5.06. The first-order valence-electron chi connectivity index (χ1n) is 8.56. The van der Waals surface area contributed by atoms with Gasteiger partial charge in [-0.3, -0.25) is 19.3 Å². The molecule has 2 aromatic heterocycles. The molecule has 0 bridgehead atoms. The van der Waals surface area contributed by atoms with E-state index in [0.29, 0.717) is 27.7 Å². The zero-order valence-corrected chi connectivity index (χ0v) is 16.1. The number of nitro benzene ring substituents is 1. The highest BCUT2D eigenvalue weighted by Crippen LogP contribution is 2.34. The number of hydrogen-bond acceptors (Lipinski definition) is 7. The second kappa shape index (κ2) is 7.72. The molecule has 0 fully saturated rings. The Labute approximate surface area is 168 Å². The molecule has 0 amide bonds. The van der Waals surface area contributed by atoms with Crippen molar-refractivity contribution in [3.63, 3.8) is 0 Å². The van der Waals surface area contributed by atoms with Gasteiger partial charge in [0.15, 0.2) is 4.96 Å². The van der Waals surface area contributed by atoms with Crippen LogP contribution in [0.1, 0.15) is 5.69 Å². The number of non-ortho nitro benzene ring substituents is 1. The molecule has 0 saturated carbocycles. The molecule has 0 saturated heterocycles. The van der Waals surface area contributed by atoms with Crippen LogP contribution >= 0.6 is 11.3 Å². The molecule has 0 radical (unpaired) electrons. The maximum absolute atomic E-state index is 12.1. The summed E-state index contributed by atoms with van der Waals surface area (Å²) in [5, 5.41) is 13.0. The normalized spacial score (nSPS) is 10.8. The van der Waals surface area contributed by atoms with Crippen LogP contribution in [-0.2, 0) is 6.61 Å². The van der Waals surface area contributed by atoms with Crippen LogP contribution in [0.4, 0.5) is 5.69 Å². The van der Waals surface area contributed by atoms with Crippen LogP contribution in [0.15, 0.2) is 64.9 Å². The van der Waals surface area contributed by atoms with Gasteiger partial charge in [0.05, 0.1) is 17.7 Å². The van der Waals surface area contributed by atoms with Crippen molar-refractivity contribution < 1.29 is 14.4 Å². The third-order valence-electron chi connectivity index (χ3n) is 4.31. The Morgan fingerprint density at radius 3 is 2.69 bits per heavy atom. The SMILES string of the molecule is COc1ccc(-c2cc([N+](=O)[O-])ccc2OCc2cc(=O)n3ccsc3n2)cc1. The standard InChI is InChI=1S/C20H15N3O5S/c1-27-16-5-2-13(3-6-16)17-11-15(23(25)26)4-7-18(17)28-12-14-10-19(24)22-8-9-29-20(22)21-14/h2-11H,12H2,1H3. The number of nitro groups is 1. The first-order valence-corrected chi connectivity index (χ1v) is 9.44. The summed E-state index contributed by atoms with van der Waals surface area (Å²) in [6.45, 7) is 0.0601. The van der Waals surface area contributed by atoms with Gasteiger partial charge in [0.1, 0.15) is 18.1 Å². The molecule has 29 heavy (non-hydrogen) atoms. The Morgan fingerprint density at radius 2 is 1.97 bits per heavy atom. The summed E-state index contributed by atoms with van der Waals surface area (Å²) in [4.78, 5) is 27.9. The van der Waals surface area contributed by atoms with Crippen molar-refractivity contribution in [3.8, 4) is 22.6 Å². The van der Waals surface area contributed by atoms with Gasteiger partial charge in [0.2, 0.25) is 0 Å². The average molecular weight is 409 g/mol. The molecule has 0 aliphatic carbocycles. The molecule has 0 spiro atoms. The van der Waals surface area contributed by atoms with Crippen LogP contribution in [0.5, 0.6) is 11.5 Å². The highest BCUT2D eigenvalue weighted by Gasteiger charge is 2.14. The molecule has 0 aliphatic heterocycles. The lowest BCUT2D eigenvalue weighted by atomic mass is 10.0. The van der Waals surface area contributed by atoms with E-state index in [9.17, 15) is 14.9 Å². The van der Waals surface area contributed by atoms with Crippen molar-refractivity contribution >= 4 is 22.0 Å². The number of aromatic nitrogens is 2. The van der Waals surface area contributed by atoms with E-state index >= 15 is 0 Å². The minimum absolute atomic E-state index is 0.0421. The lowest BCUT2D eigenvalue weighted by Crippen LogP contribution is -2.14. The van der Waals surface area contributed by atoms with Gasteiger partial charge in [-0.05, 0) is 23.8 Å². The van der Waals surface area contributed by atoms with Crippen LogP contribution in [-0.4, -0.2) is 21.4 Å². The predicted molar refractivity (Wildman–Crippen MR) is 109 cm³/mol. The Morgan fingerprint density at radius 1 is 1.17 bits per heavy atom. The summed E-state index contributed by atoms with van der Waals surface area (Å²) >= 11 is 1.36. The summed E-state index contributed by atoms with van der Waals surface area (Å²) in [7, 11) is 1.57. The molecule has 0 N–H and O–H groups in total. The molecule has 2 heterocycles. The molecular formula is C20H15N3O5S. The Kier molecular flexibility index (Phi) is 4.96. The number of benzene rings is 2. The van der Waals surface area contributed by atoms with Gasteiger partial charge in [0, 0.05) is 35.3 Å². The maximum atomic E-state index is 12.1. The van der Waals surface area contributed by atoms with Crippen molar-refractivity contribution in [2.24, 2.45) is 0 Å². The van der Waals surface area contributed by atoms with Gasteiger partial charge in [-0.1, -0.05) is 12.1 Å². The fourth-order valence-corrected chi connectivity index (χ4v) is 3.61. The first kappa shape index (κ1) is 18.6. The number of rotatable bonds is 6. The monoisotopic (exact) mass is 409 g/mol. The molecule has 0 atom stereocenters. The number of nitrogens with zero attached hydrogens (tertiary/aromatic N) is 3. The Hall–Kier alpha value is -3.72. The molecule has 8 nitrogen and oxygen atoms in total.